The van der Waals surface area contributed by atoms with Gasteiger partial charge in [0.05, 0.1) is 10.5 Å². The first kappa shape index (κ1) is 13.7. The molecule has 1 aromatic heterocycles. The van der Waals surface area contributed by atoms with Gasteiger partial charge in [-0.25, -0.2) is 5.10 Å². The first-order valence-electron chi connectivity index (χ1n) is 6.22. The molecule has 0 radical (unpaired) electrons. The summed E-state index contributed by atoms with van der Waals surface area (Å²) in [5, 5.41) is 8.81. The van der Waals surface area contributed by atoms with E-state index in [4.69, 9.17) is 18.0 Å². The smallest absolute Gasteiger partial charge is 0.272 e. The molecule has 1 aromatic rings. The minimum Gasteiger partial charge on any atom is -0.391 e. The molecule has 1 heterocycles. The summed E-state index contributed by atoms with van der Waals surface area (Å²) in [7, 11) is 0. The number of thiocarbonyl (C=S) groups is 1. The molecule has 7 heteroatoms. The Bertz CT molecular complexity index is 528. The van der Waals surface area contributed by atoms with E-state index in [0.29, 0.717) is 4.99 Å². The summed E-state index contributed by atoms with van der Waals surface area (Å²) in [4.78, 5) is 23.3. The minimum atomic E-state index is -0.623. The third kappa shape index (κ3) is 2.98. The summed E-state index contributed by atoms with van der Waals surface area (Å²) < 4.78 is 0. The molecule has 0 spiro atoms. The molecule has 4 N–H and O–H groups in total. The van der Waals surface area contributed by atoms with Gasteiger partial charge < -0.3 is 11.1 Å². The van der Waals surface area contributed by atoms with Gasteiger partial charge in [0.25, 0.3) is 11.5 Å². The van der Waals surface area contributed by atoms with Crippen LogP contribution < -0.4 is 16.6 Å². The fraction of sp³-hybridized carbons (Fsp3) is 0.500. The Morgan fingerprint density at radius 2 is 2.05 bits per heavy atom. The standard InChI is InChI=1S/C12H16N4O2S/c13-11(19)12(6-2-1-3-7-12)14-10(18)8-4-5-9(17)16-15-8/h4-5H,1-3,6-7H2,(H2,13,19)(H,14,18)(H,16,17). The predicted octanol–water partition coefficient (Wildman–Crippen LogP) is 0.489. The average Bonchev–Trinajstić information content (AvgIpc) is 2.40. The Labute approximate surface area is 115 Å². The monoisotopic (exact) mass is 280 g/mol. The molecule has 0 unspecified atom stereocenters. The molecule has 0 aromatic carbocycles. The van der Waals surface area contributed by atoms with Crippen LogP contribution in [0, 0.1) is 0 Å². The van der Waals surface area contributed by atoms with Crippen molar-refractivity contribution in [1.82, 2.24) is 15.5 Å². The van der Waals surface area contributed by atoms with Gasteiger partial charge in [0, 0.05) is 6.07 Å². The van der Waals surface area contributed by atoms with Crippen LogP contribution in [0.3, 0.4) is 0 Å². The van der Waals surface area contributed by atoms with Crippen molar-refractivity contribution in [2.24, 2.45) is 5.73 Å². The largest absolute Gasteiger partial charge is 0.391 e. The number of carbonyl (C=O) groups is 1. The summed E-state index contributed by atoms with van der Waals surface area (Å²) in [6.07, 6.45) is 4.58. The van der Waals surface area contributed by atoms with Gasteiger partial charge in [0.15, 0.2) is 0 Å². The van der Waals surface area contributed by atoms with E-state index >= 15 is 0 Å². The van der Waals surface area contributed by atoms with Crippen LogP contribution in [-0.4, -0.2) is 26.6 Å². The van der Waals surface area contributed by atoms with Gasteiger partial charge in [-0.2, -0.15) is 5.10 Å². The van der Waals surface area contributed by atoms with Crippen molar-refractivity contribution in [1.29, 1.82) is 0 Å². The van der Waals surface area contributed by atoms with Gasteiger partial charge in [-0.15, -0.1) is 0 Å². The lowest BCUT2D eigenvalue weighted by Crippen LogP contribution is -2.57. The lowest BCUT2D eigenvalue weighted by Gasteiger charge is -2.36. The molecular formula is C12H16N4O2S. The third-order valence-corrected chi connectivity index (χ3v) is 3.83. The molecule has 19 heavy (non-hydrogen) atoms. The molecule has 1 fully saturated rings. The van der Waals surface area contributed by atoms with Crippen molar-refractivity contribution >= 4 is 23.1 Å². The summed E-state index contributed by atoms with van der Waals surface area (Å²) in [5.74, 6) is -0.369. The van der Waals surface area contributed by atoms with E-state index in [0.717, 1.165) is 32.1 Å². The van der Waals surface area contributed by atoms with Crippen LogP contribution in [0.2, 0.25) is 0 Å². The number of nitrogens with one attached hydrogen (secondary N) is 2. The molecule has 0 bridgehead atoms. The quantitative estimate of drug-likeness (QED) is 0.699. The van der Waals surface area contributed by atoms with Crippen molar-refractivity contribution in [2.75, 3.05) is 0 Å². The van der Waals surface area contributed by atoms with Crippen LogP contribution in [0.25, 0.3) is 0 Å². The highest BCUT2D eigenvalue weighted by molar-refractivity contribution is 7.80. The Kier molecular flexibility index (Phi) is 3.94. The normalized spacial score (nSPS) is 17.7. The van der Waals surface area contributed by atoms with Crippen LogP contribution in [0.15, 0.2) is 16.9 Å². The van der Waals surface area contributed by atoms with Crippen LogP contribution >= 0.6 is 12.2 Å². The zero-order valence-electron chi connectivity index (χ0n) is 10.4. The summed E-state index contributed by atoms with van der Waals surface area (Å²) in [6, 6.07) is 2.64. The highest BCUT2D eigenvalue weighted by atomic mass is 32.1. The molecule has 102 valence electrons. The first-order valence-corrected chi connectivity index (χ1v) is 6.62. The number of aromatic amines is 1. The fourth-order valence-corrected chi connectivity index (χ4v) is 2.60. The fourth-order valence-electron chi connectivity index (χ4n) is 2.34. The van der Waals surface area contributed by atoms with Gasteiger partial charge >= 0.3 is 0 Å². The SMILES string of the molecule is NC(=S)C1(NC(=O)c2ccc(=O)[nH]n2)CCCCC1. The maximum Gasteiger partial charge on any atom is 0.272 e. The zero-order chi connectivity index (χ0) is 13.9. The Morgan fingerprint density at radius 3 is 2.58 bits per heavy atom. The molecular weight excluding hydrogens is 264 g/mol. The number of aromatic nitrogens is 2. The first-order chi connectivity index (χ1) is 9.03. The summed E-state index contributed by atoms with van der Waals surface area (Å²) in [6.45, 7) is 0. The Balaban J connectivity index is 2.17. The second kappa shape index (κ2) is 5.48. The molecule has 0 aliphatic heterocycles. The number of amides is 1. The topological polar surface area (TPSA) is 101 Å². The molecule has 1 amide bonds. The van der Waals surface area contributed by atoms with Crippen LogP contribution in [0.5, 0.6) is 0 Å². The molecule has 1 aliphatic rings. The van der Waals surface area contributed by atoms with E-state index < -0.39 is 5.54 Å². The van der Waals surface area contributed by atoms with Gasteiger partial charge in [-0.1, -0.05) is 31.5 Å². The zero-order valence-corrected chi connectivity index (χ0v) is 11.3. The molecule has 0 atom stereocenters. The van der Waals surface area contributed by atoms with Crippen molar-refractivity contribution in [3.8, 4) is 0 Å². The lowest BCUT2D eigenvalue weighted by molar-refractivity contribution is 0.0902. The summed E-state index contributed by atoms with van der Waals surface area (Å²) >= 11 is 5.10. The Morgan fingerprint density at radius 1 is 1.37 bits per heavy atom. The second-order valence-electron chi connectivity index (χ2n) is 4.77. The van der Waals surface area contributed by atoms with Crippen molar-refractivity contribution in [3.63, 3.8) is 0 Å². The average molecular weight is 280 g/mol. The Hall–Kier alpha value is -1.76. The van der Waals surface area contributed by atoms with Crippen molar-refractivity contribution < 1.29 is 4.79 Å². The lowest BCUT2D eigenvalue weighted by atomic mass is 9.81. The summed E-state index contributed by atoms with van der Waals surface area (Å²) in [5.41, 5.74) is 4.97. The van der Waals surface area contributed by atoms with E-state index in [1.807, 2.05) is 0 Å². The third-order valence-electron chi connectivity index (χ3n) is 3.44. The highest BCUT2D eigenvalue weighted by Gasteiger charge is 2.36. The van der Waals surface area contributed by atoms with Gasteiger partial charge in [0.1, 0.15) is 5.69 Å². The molecule has 0 saturated heterocycles. The highest BCUT2D eigenvalue weighted by Crippen LogP contribution is 2.28. The van der Waals surface area contributed by atoms with E-state index in [2.05, 4.69) is 15.5 Å². The van der Waals surface area contributed by atoms with Crippen LogP contribution in [0.1, 0.15) is 42.6 Å². The molecule has 2 rings (SSSR count). The number of hydrogen-bond donors (Lipinski definition) is 3. The van der Waals surface area contributed by atoms with E-state index in [9.17, 15) is 9.59 Å². The number of nitrogens with two attached hydrogens (primary N) is 1. The van der Waals surface area contributed by atoms with Gasteiger partial charge in [-0.05, 0) is 18.9 Å². The predicted molar refractivity (Wildman–Crippen MR) is 74.9 cm³/mol. The van der Waals surface area contributed by atoms with E-state index in [1.165, 1.54) is 12.1 Å². The number of carbonyl (C=O) groups excluding carboxylic acids is 1. The molecule has 1 aliphatic carbocycles. The maximum atomic E-state index is 12.1. The van der Waals surface area contributed by atoms with Gasteiger partial charge in [-0.3, -0.25) is 9.59 Å². The molecule has 6 nitrogen and oxygen atoms in total. The minimum absolute atomic E-state index is 0.154. The van der Waals surface area contributed by atoms with E-state index in [1.54, 1.807) is 0 Å². The van der Waals surface area contributed by atoms with Crippen LogP contribution in [0.4, 0.5) is 0 Å². The van der Waals surface area contributed by atoms with E-state index in [-0.39, 0.29) is 17.2 Å². The maximum absolute atomic E-state index is 12.1. The molecule has 1 saturated carbocycles. The number of rotatable bonds is 3. The number of hydrogen-bond acceptors (Lipinski definition) is 4. The second-order valence-corrected chi connectivity index (χ2v) is 5.21. The number of nitrogens with zero attached hydrogens (tertiary/aromatic N) is 1. The van der Waals surface area contributed by atoms with Crippen molar-refractivity contribution in [3.05, 3.63) is 28.2 Å². The number of H-pyrrole nitrogens is 1. The van der Waals surface area contributed by atoms with Crippen LogP contribution in [-0.2, 0) is 0 Å². The van der Waals surface area contributed by atoms with Gasteiger partial charge in [0.2, 0.25) is 0 Å². The van der Waals surface area contributed by atoms with Crippen molar-refractivity contribution in [2.45, 2.75) is 37.6 Å².